The van der Waals surface area contributed by atoms with E-state index in [1.54, 1.807) is 0 Å². The quantitative estimate of drug-likeness (QED) is 0.792. The maximum absolute atomic E-state index is 4.65. The van der Waals surface area contributed by atoms with Gasteiger partial charge in [0.2, 0.25) is 0 Å². The van der Waals surface area contributed by atoms with E-state index in [2.05, 4.69) is 32.1 Å². The topological polar surface area (TPSA) is 50.5 Å². The van der Waals surface area contributed by atoms with E-state index in [0.29, 0.717) is 6.54 Å². The Hall–Kier alpha value is -2.36. The molecule has 0 saturated heterocycles. The fraction of sp³-hybridized carbons (Fsp3) is 0.250. The Morgan fingerprint density at radius 2 is 2.00 bits per heavy atom. The third-order valence-electron chi connectivity index (χ3n) is 3.88. The molecule has 98 valence electrons. The smallest absolute Gasteiger partial charge is 0.103 e. The minimum absolute atomic E-state index is 0.0316. The average Bonchev–Trinajstić information content (AvgIpc) is 2.54. The number of hydrogen-bond donors (Lipinski definition) is 0. The fourth-order valence-electron chi connectivity index (χ4n) is 2.81. The Morgan fingerprint density at radius 1 is 1.05 bits per heavy atom. The van der Waals surface area contributed by atoms with E-state index in [9.17, 15) is 0 Å². The number of fused-ring (bicyclic) bond motifs is 2. The predicted molar refractivity (Wildman–Crippen MR) is 78.4 cm³/mol. The largest absolute Gasteiger partial charge is 0.291 e. The molecule has 0 radical (unpaired) electrons. The summed E-state index contributed by atoms with van der Waals surface area (Å²) in [6.07, 6.45) is 11.4. The molecule has 20 heavy (non-hydrogen) atoms. The van der Waals surface area contributed by atoms with Gasteiger partial charge in [0.05, 0.1) is 12.2 Å². The Balaban J connectivity index is 1.78. The number of aromatic nitrogens is 2. The van der Waals surface area contributed by atoms with E-state index in [4.69, 9.17) is 0 Å². The Bertz CT molecular complexity index is 718. The lowest BCUT2D eigenvalue weighted by Gasteiger charge is -2.21. The lowest BCUT2D eigenvalue weighted by Crippen LogP contribution is -2.12. The van der Waals surface area contributed by atoms with Gasteiger partial charge in [0.1, 0.15) is 6.04 Å². The normalized spacial score (nSPS) is 19.5. The summed E-state index contributed by atoms with van der Waals surface area (Å²) in [5, 5.41) is 0. The van der Waals surface area contributed by atoms with Gasteiger partial charge < -0.3 is 0 Å². The van der Waals surface area contributed by atoms with Gasteiger partial charge in [-0.05, 0) is 28.8 Å². The molecule has 0 amide bonds. The van der Waals surface area contributed by atoms with E-state index in [0.717, 1.165) is 24.1 Å². The van der Waals surface area contributed by atoms with Crippen molar-refractivity contribution in [3.63, 3.8) is 0 Å². The van der Waals surface area contributed by atoms with Gasteiger partial charge in [0.25, 0.3) is 0 Å². The van der Waals surface area contributed by atoms with Crippen LogP contribution in [0.1, 0.15) is 34.0 Å². The zero-order valence-corrected chi connectivity index (χ0v) is 11.0. The van der Waals surface area contributed by atoms with Gasteiger partial charge in [-0.15, -0.1) is 0 Å². The van der Waals surface area contributed by atoms with Crippen molar-refractivity contribution < 1.29 is 0 Å². The minimum Gasteiger partial charge on any atom is -0.291 e. The molecule has 4 heterocycles. The highest BCUT2D eigenvalue weighted by atomic mass is 14.8. The maximum atomic E-state index is 4.65. The van der Waals surface area contributed by atoms with E-state index in [1.165, 1.54) is 16.7 Å². The van der Waals surface area contributed by atoms with Crippen molar-refractivity contribution in [2.45, 2.75) is 25.4 Å². The molecule has 4 rings (SSSR count). The highest BCUT2D eigenvalue weighted by Crippen LogP contribution is 2.31. The maximum Gasteiger partial charge on any atom is 0.103 e. The summed E-state index contributed by atoms with van der Waals surface area (Å²) in [5.74, 6) is 0. The molecule has 1 unspecified atom stereocenters. The summed E-state index contributed by atoms with van der Waals surface area (Å²) >= 11 is 0. The second kappa shape index (κ2) is 4.63. The monoisotopic (exact) mass is 262 g/mol. The zero-order chi connectivity index (χ0) is 13.4. The van der Waals surface area contributed by atoms with Gasteiger partial charge in [0, 0.05) is 49.4 Å². The molecule has 2 aliphatic heterocycles. The van der Waals surface area contributed by atoms with Crippen LogP contribution in [0.5, 0.6) is 0 Å². The van der Waals surface area contributed by atoms with Crippen molar-refractivity contribution in [2.75, 3.05) is 0 Å². The third kappa shape index (κ3) is 1.84. The number of nitrogens with zero attached hydrogens (tertiary/aromatic N) is 4. The van der Waals surface area contributed by atoms with Crippen molar-refractivity contribution in [3.05, 3.63) is 58.7 Å². The van der Waals surface area contributed by atoms with E-state index in [1.807, 2.05) is 31.0 Å². The van der Waals surface area contributed by atoms with E-state index < -0.39 is 0 Å². The first-order chi connectivity index (χ1) is 9.92. The van der Waals surface area contributed by atoms with Crippen LogP contribution in [-0.4, -0.2) is 22.4 Å². The molecule has 2 aliphatic rings. The van der Waals surface area contributed by atoms with E-state index >= 15 is 0 Å². The van der Waals surface area contributed by atoms with Crippen LogP contribution < -0.4 is 0 Å². The summed E-state index contributed by atoms with van der Waals surface area (Å²) in [4.78, 5) is 17.7. The number of hydrogen-bond acceptors (Lipinski definition) is 4. The average molecular weight is 262 g/mol. The standard InChI is InChI=1S/C16H14N4/c1-4-17-9-14-11(1)3-6-19-16(14)13-7-12-2-5-18-10-15(12)20-8-13/h1,4-9,16H,2-3,10H2. The third-order valence-corrected chi connectivity index (χ3v) is 3.88. The predicted octanol–water partition coefficient (Wildman–Crippen LogP) is 2.32. The fourth-order valence-corrected chi connectivity index (χ4v) is 2.81. The zero-order valence-electron chi connectivity index (χ0n) is 11.0. The molecule has 0 aromatic carbocycles. The Kier molecular flexibility index (Phi) is 2.66. The van der Waals surface area contributed by atoms with Crippen LogP contribution in [-0.2, 0) is 19.4 Å². The first-order valence-electron chi connectivity index (χ1n) is 6.82. The molecule has 2 aromatic rings. The van der Waals surface area contributed by atoms with Gasteiger partial charge in [-0.3, -0.25) is 20.0 Å². The molecular formula is C16H14N4. The first-order valence-corrected chi connectivity index (χ1v) is 6.82. The van der Waals surface area contributed by atoms with Crippen LogP contribution in [0.2, 0.25) is 0 Å². The summed E-state index contributed by atoms with van der Waals surface area (Å²) in [7, 11) is 0. The first kappa shape index (κ1) is 11.5. The molecule has 2 aromatic heterocycles. The SMILES string of the molecule is C1=NCc2ncc(C3N=CCc4ccncc43)cc2C1. The molecule has 4 nitrogen and oxygen atoms in total. The van der Waals surface area contributed by atoms with Crippen LogP contribution in [0.3, 0.4) is 0 Å². The highest BCUT2D eigenvalue weighted by molar-refractivity contribution is 5.67. The second-order valence-corrected chi connectivity index (χ2v) is 5.11. The van der Waals surface area contributed by atoms with E-state index in [-0.39, 0.29) is 6.04 Å². The number of rotatable bonds is 1. The molecule has 0 N–H and O–H groups in total. The molecule has 0 aliphatic carbocycles. The molecule has 0 spiro atoms. The molecule has 1 atom stereocenters. The van der Waals surface area contributed by atoms with Crippen LogP contribution in [0, 0.1) is 0 Å². The highest BCUT2D eigenvalue weighted by Gasteiger charge is 2.21. The minimum atomic E-state index is 0.0316. The molecule has 0 fully saturated rings. The van der Waals surface area contributed by atoms with Crippen LogP contribution >= 0.6 is 0 Å². The molecule has 0 bridgehead atoms. The number of aliphatic imine (C=N–C) groups is 2. The lowest BCUT2D eigenvalue weighted by molar-refractivity contribution is 0.814. The lowest BCUT2D eigenvalue weighted by atomic mass is 9.92. The Labute approximate surface area is 117 Å². The van der Waals surface area contributed by atoms with Crippen molar-refractivity contribution in [1.82, 2.24) is 9.97 Å². The summed E-state index contributed by atoms with van der Waals surface area (Å²) in [5.41, 5.74) is 6.00. The molecular weight excluding hydrogens is 248 g/mol. The molecule has 4 heteroatoms. The van der Waals surface area contributed by atoms with Crippen LogP contribution in [0.15, 0.2) is 40.7 Å². The van der Waals surface area contributed by atoms with Crippen molar-refractivity contribution >= 4 is 12.4 Å². The van der Waals surface area contributed by atoms with Gasteiger partial charge >= 0.3 is 0 Å². The van der Waals surface area contributed by atoms with Gasteiger partial charge in [-0.25, -0.2) is 0 Å². The van der Waals surface area contributed by atoms with Crippen LogP contribution in [0.25, 0.3) is 0 Å². The van der Waals surface area contributed by atoms with Crippen molar-refractivity contribution in [3.8, 4) is 0 Å². The van der Waals surface area contributed by atoms with Gasteiger partial charge in [-0.1, -0.05) is 0 Å². The summed E-state index contributed by atoms with van der Waals surface area (Å²) in [6.45, 7) is 0.696. The Morgan fingerprint density at radius 3 is 3.00 bits per heavy atom. The summed E-state index contributed by atoms with van der Waals surface area (Å²) < 4.78 is 0. The number of pyridine rings is 2. The summed E-state index contributed by atoms with van der Waals surface area (Å²) in [6, 6.07) is 4.33. The molecule has 0 saturated carbocycles. The van der Waals surface area contributed by atoms with Gasteiger partial charge in [-0.2, -0.15) is 0 Å². The van der Waals surface area contributed by atoms with Crippen LogP contribution in [0.4, 0.5) is 0 Å². The van der Waals surface area contributed by atoms with Gasteiger partial charge in [0.15, 0.2) is 0 Å². The van der Waals surface area contributed by atoms with Crippen molar-refractivity contribution in [2.24, 2.45) is 9.98 Å². The second-order valence-electron chi connectivity index (χ2n) is 5.11. The van der Waals surface area contributed by atoms with Crippen molar-refractivity contribution in [1.29, 1.82) is 0 Å².